The van der Waals surface area contributed by atoms with Gasteiger partial charge in [-0.1, -0.05) is 37.2 Å². The summed E-state index contributed by atoms with van der Waals surface area (Å²) in [5, 5.41) is 7.01. The van der Waals surface area contributed by atoms with E-state index in [0.29, 0.717) is 23.2 Å². The van der Waals surface area contributed by atoms with Crippen molar-refractivity contribution in [1.29, 1.82) is 0 Å². The first-order valence-corrected chi connectivity index (χ1v) is 7.65. The highest BCUT2D eigenvalue weighted by Gasteiger charge is 2.11. The lowest BCUT2D eigenvalue weighted by Gasteiger charge is -2.01. The number of aromatic amines is 1. The van der Waals surface area contributed by atoms with Crippen LogP contribution in [-0.2, 0) is 9.53 Å². The molecule has 0 aliphatic heterocycles. The lowest BCUT2D eigenvalue weighted by Crippen LogP contribution is -2.08. The van der Waals surface area contributed by atoms with E-state index >= 15 is 0 Å². The van der Waals surface area contributed by atoms with Gasteiger partial charge in [-0.05, 0) is 18.6 Å². The average Bonchev–Trinajstić information content (AvgIpc) is 2.94. The summed E-state index contributed by atoms with van der Waals surface area (Å²) in [5.41, 5.74) is 0.349. The number of halogens is 1. The monoisotopic (exact) mass is 309 g/mol. The zero-order chi connectivity index (χ0) is 15.1. The quantitative estimate of drug-likeness (QED) is 0.484. The SMILES string of the molecule is CCCCOC(=O)CSc1n[nH]c(-c2ccccc2F)n1. The number of aromatic nitrogens is 3. The number of H-pyrrole nitrogens is 1. The van der Waals surface area contributed by atoms with Crippen LogP contribution in [0.2, 0.25) is 0 Å². The van der Waals surface area contributed by atoms with Gasteiger partial charge in [0.05, 0.1) is 17.9 Å². The zero-order valence-corrected chi connectivity index (χ0v) is 12.5. The maximum atomic E-state index is 13.6. The number of hydrogen-bond donors (Lipinski definition) is 1. The summed E-state index contributed by atoms with van der Waals surface area (Å²) in [6.07, 6.45) is 1.84. The number of carbonyl (C=O) groups excluding carboxylic acids is 1. The van der Waals surface area contributed by atoms with Crippen molar-refractivity contribution in [2.24, 2.45) is 0 Å². The number of rotatable bonds is 7. The lowest BCUT2D eigenvalue weighted by molar-refractivity contribution is -0.140. The average molecular weight is 309 g/mol. The molecule has 7 heteroatoms. The Kier molecular flexibility index (Phi) is 5.74. The molecule has 1 N–H and O–H groups in total. The van der Waals surface area contributed by atoms with Crippen molar-refractivity contribution < 1.29 is 13.9 Å². The van der Waals surface area contributed by atoms with Crippen LogP contribution in [0.3, 0.4) is 0 Å². The Bertz CT molecular complexity index is 603. The van der Waals surface area contributed by atoms with Crippen molar-refractivity contribution in [3.05, 3.63) is 30.1 Å². The molecule has 21 heavy (non-hydrogen) atoms. The molecule has 0 atom stereocenters. The van der Waals surface area contributed by atoms with Crippen LogP contribution in [0.5, 0.6) is 0 Å². The predicted octanol–water partition coefficient (Wildman–Crippen LogP) is 3.05. The molecule has 2 rings (SSSR count). The minimum atomic E-state index is -0.371. The Morgan fingerprint density at radius 1 is 1.43 bits per heavy atom. The van der Waals surface area contributed by atoms with E-state index in [4.69, 9.17) is 4.74 Å². The van der Waals surface area contributed by atoms with Crippen LogP contribution in [0.1, 0.15) is 19.8 Å². The third kappa shape index (κ3) is 4.56. The van der Waals surface area contributed by atoms with Gasteiger partial charge in [0.25, 0.3) is 0 Å². The Balaban J connectivity index is 1.89. The molecule has 2 aromatic rings. The predicted molar refractivity (Wildman–Crippen MR) is 78.4 cm³/mol. The van der Waals surface area contributed by atoms with Crippen LogP contribution in [0.25, 0.3) is 11.4 Å². The Morgan fingerprint density at radius 2 is 2.24 bits per heavy atom. The fourth-order valence-electron chi connectivity index (χ4n) is 1.58. The molecule has 1 aromatic heterocycles. The fraction of sp³-hybridized carbons (Fsp3) is 0.357. The lowest BCUT2D eigenvalue weighted by atomic mass is 10.2. The molecule has 0 saturated carbocycles. The summed E-state index contributed by atoms with van der Waals surface area (Å²) in [7, 11) is 0. The van der Waals surface area contributed by atoms with Gasteiger partial charge in [0, 0.05) is 0 Å². The van der Waals surface area contributed by atoms with E-state index in [-0.39, 0.29) is 17.5 Å². The van der Waals surface area contributed by atoms with E-state index in [1.165, 1.54) is 6.07 Å². The standard InChI is InChI=1S/C14H16FN3O2S/c1-2-3-8-20-12(19)9-21-14-16-13(17-18-14)10-6-4-5-7-11(10)15/h4-7H,2-3,8-9H2,1H3,(H,16,17,18). The number of nitrogens with one attached hydrogen (secondary N) is 1. The van der Waals surface area contributed by atoms with Gasteiger partial charge < -0.3 is 4.74 Å². The highest BCUT2D eigenvalue weighted by molar-refractivity contribution is 7.99. The molecular weight excluding hydrogens is 293 g/mol. The molecule has 5 nitrogen and oxygen atoms in total. The molecule has 0 aliphatic carbocycles. The van der Waals surface area contributed by atoms with Gasteiger partial charge in [0.2, 0.25) is 5.16 Å². The highest BCUT2D eigenvalue weighted by Crippen LogP contribution is 2.21. The zero-order valence-electron chi connectivity index (χ0n) is 11.6. The summed E-state index contributed by atoms with van der Waals surface area (Å²) >= 11 is 1.16. The molecule has 0 aliphatic rings. The number of thioether (sulfide) groups is 1. The normalized spacial score (nSPS) is 10.6. The summed E-state index contributed by atoms with van der Waals surface area (Å²) in [6.45, 7) is 2.46. The van der Waals surface area contributed by atoms with Crippen LogP contribution in [0.15, 0.2) is 29.4 Å². The summed E-state index contributed by atoms with van der Waals surface area (Å²) in [4.78, 5) is 15.6. The maximum Gasteiger partial charge on any atom is 0.316 e. The number of esters is 1. The number of hydrogen-bond acceptors (Lipinski definition) is 5. The fourth-order valence-corrected chi connectivity index (χ4v) is 2.18. The summed E-state index contributed by atoms with van der Waals surface area (Å²) in [6, 6.07) is 6.30. The van der Waals surface area contributed by atoms with Crippen LogP contribution in [-0.4, -0.2) is 33.5 Å². The molecule has 1 heterocycles. The van der Waals surface area contributed by atoms with Gasteiger partial charge >= 0.3 is 5.97 Å². The van der Waals surface area contributed by atoms with Gasteiger partial charge in [-0.3, -0.25) is 9.89 Å². The Hall–Kier alpha value is -1.89. The second-order valence-corrected chi connectivity index (χ2v) is 5.25. The van der Waals surface area contributed by atoms with Crippen LogP contribution in [0, 0.1) is 5.82 Å². The van der Waals surface area contributed by atoms with Gasteiger partial charge in [-0.15, -0.1) is 5.10 Å². The highest BCUT2D eigenvalue weighted by atomic mass is 32.2. The first-order valence-electron chi connectivity index (χ1n) is 6.66. The van der Waals surface area contributed by atoms with Gasteiger partial charge in [-0.2, -0.15) is 0 Å². The van der Waals surface area contributed by atoms with Gasteiger partial charge in [0.15, 0.2) is 5.82 Å². The first kappa shape index (κ1) is 15.5. The van der Waals surface area contributed by atoms with Crippen molar-refractivity contribution in [3.63, 3.8) is 0 Å². The molecule has 0 bridgehead atoms. The van der Waals surface area contributed by atoms with E-state index in [1.54, 1.807) is 18.2 Å². The van der Waals surface area contributed by atoms with E-state index in [9.17, 15) is 9.18 Å². The molecule has 0 amide bonds. The Labute approximate surface area is 126 Å². The number of nitrogens with zero attached hydrogens (tertiary/aromatic N) is 2. The van der Waals surface area contributed by atoms with Crippen molar-refractivity contribution in [2.45, 2.75) is 24.9 Å². The molecular formula is C14H16FN3O2S. The van der Waals surface area contributed by atoms with Gasteiger partial charge in [0.1, 0.15) is 5.82 Å². The topological polar surface area (TPSA) is 67.9 Å². The molecule has 0 saturated heterocycles. The molecule has 0 unspecified atom stereocenters. The molecule has 112 valence electrons. The van der Waals surface area contributed by atoms with E-state index in [1.807, 2.05) is 6.92 Å². The third-order valence-electron chi connectivity index (χ3n) is 2.67. The number of benzene rings is 1. The first-order chi connectivity index (χ1) is 10.2. The van der Waals surface area contributed by atoms with Crippen molar-refractivity contribution in [1.82, 2.24) is 15.2 Å². The van der Waals surface area contributed by atoms with Crippen molar-refractivity contribution >= 4 is 17.7 Å². The van der Waals surface area contributed by atoms with E-state index in [0.717, 1.165) is 24.6 Å². The second kappa shape index (κ2) is 7.78. The van der Waals surface area contributed by atoms with E-state index in [2.05, 4.69) is 15.2 Å². The summed E-state index contributed by atoms with van der Waals surface area (Å²) < 4.78 is 18.6. The Morgan fingerprint density at radius 3 is 3.00 bits per heavy atom. The van der Waals surface area contributed by atoms with Crippen molar-refractivity contribution in [2.75, 3.05) is 12.4 Å². The number of carbonyl (C=O) groups is 1. The number of ether oxygens (including phenoxy) is 1. The number of unbranched alkanes of at least 4 members (excludes halogenated alkanes) is 1. The molecule has 1 aromatic carbocycles. The summed E-state index contributed by atoms with van der Waals surface area (Å²) in [5.74, 6) is -0.192. The minimum Gasteiger partial charge on any atom is -0.465 e. The van der Waals surface area contributed by atoms with Gasteiger partial charge in [-0.25, -0.2) is 9.37 Å². The van der Waals surface area contributed by atoms with Crippen LogP contribution < -0.4 is 0 Å². The minimum absolute atomic E-state index is 0.137. The molecule has 0 spiro atoms. The second-order valence-electron chi connectivity index (χ2n) is 4.31. The van der Waals surface area contributed by atoms with Crippen LogP contribution >= 0.6 is 11.8 Å². The third-order valence-corrected chi connectivity index (χ3v) is 3.49. The largest absolute Gasteiger partial charge is 0.465 e. The molecule has 0 radical (unpaired) electrons. The smallest absolute Gasteiger partial charge is 0.316 e. The maximum absolute atomic E-state index is 13.6. The van der Waals surface area contributed by atoms with E-state index < -0.39 is 0 Å². The van der Waals surface area contributed by atoms with Crippen LogP contribution in [0.4, 0.5) is 4.39 Å². The van der Waals surface area contributed by atoms with Crippen molar-refractivity contribution in [3.8, 4) is 11.4 Å². The molecule has 0 fully saturated rings.